The van der Waals surface area contributed by atoms with E-state index in [2.05, 4.69) is 0 Å². The van der Waals surface area contributed by atoms with Gasteiger partial charge in [-0.15, -0.1) is 0 Å². The second-order valence-electron chi connectivity index (χ2n) is 6.31. The van der Waals surface area contributed by atoms with E-state index in [1.54, 1.807) is 26.0 Å². The highest BCUT2D eigenvalue weighted by Gasteiger charge is 2.22. The minimum atomic E-state index is -0.806. The molecule has 0 atom stereocenters. The third-order valence-corrected chi connectivity index (χ3v) is 3.52. The summed E-state index contributed by atoms with van der Waals surface area (Å²) >= 11 is 0. The van der Waals surface area contributed by atoms with Gasteiger partial charge in [-0.1, -0.05) is 12.1 Å². The number of hydrogen-bond donors (Lipinski definition) is 1. The van der Waals surface area contributed by atoms with Crippen molar-refractivity contribution in [3.8, 4) is 11.5 Å². The van der Waals surface area contributed by atoms with E-state index in [0.717, 1.165) is 11.1 Å². The van der Waals surface area contributed by atoms with Crippen molar-refractivity contribution in [2.75, 3.05) is 0 Å². The topological polar surface area (TPSA) is 105 Å². The zero-order valence-corrected chi connectivity index (χ0v) is 14.3. The maximum Gasteiger partial charge on any atom is 0.405 e. The van der Waals surface area contributed by atoms with E-state index in [1.807, 2.05) is 25.1 Å². The maximum atomic E-state index is 10.9. The van der Waals surface area contributed by atoms with Crippen LogP contribution in [0.5, 0.6) is 11.5 Å². The van der Waals surface area contributed by atoms with Crippen LogP contribution >= 0.6 is 0 Å². The van der Waals surface area contributed by atoms with Gasteiger partial charge in [0.1, 0.15) is 17.1 Å². The molecular weight excluding hydrogens is 324 g/mol. The van der Waals surface area contributed by atoms with Crippen LogP contribution in [-0.4, -0.2) is 16.6 Å². The van der Waals surface area contributed by atoms with E-state index in [9.17, 15) is 14.9 Å². The van der Waals surface area contributed by atoms with Crippen molar-refractivity contribution in [3.05, 3.63) is 63.7 Å². The Balaban J connectivity index is 2.11. The van der Waals surface area contributed by atoms with Crippen molar-refractivity contribution in [2.24, 2.45) is 5.73 Å². The summed E-state index contributed by atoms with van der Waals surface area (Å²) in [5.41, 5.74) is 6.25. The lowest BCUT2D eigenvalue weighted by atomic mass is 9.97. The Bertz CT molecular complexity index is 785. The lowest BCUT2D eigenvalue weighted by Gasteiger charge is -2.24. The SMILES string of the molecule is Cc1cc(CC(C)(C)OC(N)=O)ccc1Oc1ccc([N+](=O)[O-])cc1. The molecule has 132 valence electrons. The average Bonchev–Trinajstić information content (AvgIpc) is 2.48. The van der Waals surface area contributed by atoms with Crippen LogP contribution in [0.15, 0.2) is 42.5 Å². The summed E-state index contributed by atoms with van der Waals surface area (Å²) in [6, 6.07) is 11.5. The van der Waals surface area contributed by atoms with Gasteiger partial charge >= 0.3 is 6.09 Å². The summed E-state index contributed by atoms with van der Waals surface area (Å²) in [5, 5.41) is 10.7. The molecule has 0 fully saturated rings. The molecule has 0 radical (unpaired) electrons. The zero-order chi connectivity index (χ0) is 18.6. The first-order valence-electron chi connectivity index (χ1n) is 7.66. The van der Waals surface area contributed by atoms with Crippen molar-refractivity contribution in [1.82, 2.24) is 0 Å². The normalized spacial score (nSPS) is 11.0. The van der Waals surface area contributed by atoms with Gasteiger partial charge in [0.2, 0.25) is 0 Å². The fourth-order valence-electron chi connectivity index (χ4n) is 2.50. The van der Waals surface area contributed by atoms with Crippen LogP contribution in [0, 0.1) is 17.0 Å². The Labute approximate surface area is 145 Å². The number of nitro benzene ring substituents is 1. The van der Waals surface area contributed by atoms with Crippen LogP contribution in [0.1, 0.15) is 25.0 Å². The molecule has 0 aliphatic rings. The number of nitro groups is 1. The molecule has 2 N–H and O–H groups in total. The summed E-state index contributed by atoms with van der Waals surface area (Å²) < 4.78 is 10.9. The number of primary amides is 1. The Morgan fingerprint density at radius 1 is 1.20 bits per heavy atom. The molecule has 2 aromatic rings. The lowest BCUT2D eigenvalue weighted by molar-refractivity contribution is -0.384. The first-order chi connectivity index (χ1) is 11.7. The Hall–Kier alpha value is -3.09. The molecular formula is C18H20N2O5. The average molecular weight is 344 g/mol. The summed E-state index contributed by atoms with van der Waals surface area (Å²) in [4.78, 5) is 21.1. The lowest BCUT2D eigenvalue weighted by Crippen LogP contribution is -2.33. The van der Waals surface area contributed by atoms with Crippen LogP contribution in [0.25, 0.3) is 0 Å². The zero-order valence-electron chi connectivity index (χ0n) is 14.3. The largest absolute Gasteiger partial charge is 0.457 e. The van der Waals surface area contributed by atoms with Crippen molar-refractivity contribution in [1.29, 1.82) is 0 Å². The molecule has 0 aromatic heterocycles. The molecule has 0 aliphatic carbocycles. The molecule has 0 heterocycles. The van der Waals surface area contributed by atoms with Gasteiger partial charge < -0.3 is 15.2 Å². The van der Waals surface area contributed by atoms with Gasteiger partial charge in [0.25, 0.3) is 5.69 Å². The van der Waals surface area contributed by atoms with E-state index >= 15 is 0 Å². The van der Waals surface area contributed by atoms with Gasteiger partial charge in [0, 0.05) is 18.6 Å². The van der Waals surface area contributed by atoms with Crippen molar-refractivity contribution in [3.63, 3.8) is 0 Å². The molecule has 7 heteroatoms. The van der Waals surface area contributed by atoms with Crippen LogP contribution in [-0.2, 0) is 11.2 Å². The fourth-order valence-corrected chi connectivity index (χ4v) is 2.50. The number of ether oxygens (including phenoxy) is 2. The highest BCUT2D eigenvalue weighted by molar-refractivity contribution is 5.65. The number of nitrogens with zero attached hydrogens (tertiary/aromatic N) is 1. The van der Waals surface area contributed by atoms with Crippen LogP contribution in [0.2, 0.25) is 0 Å². The fraction of sp³-hybridized carbons (Fsp3) is 0.278. The molecule has 0 saturated carbocycles. The predicted octanol–water partition coefficient (Wildman–Crippen LogP) is 4.11. The summed E-state index contributed by atoms with van der Waals surface area (Å²) in [6.07, 6.45) is -0.297. The van der Waals surface area contributed by atoms with E-state index in [4.69, 9.17) is 15.2 Å². The third-order valence-electron chi connectivity index (χ3n) is 3.52. The van der Waals surface area contributed by atoms with E-state index in [1.165, 1.54) is 12.1 Å². The molecule has 0 saturated heterocycles. The predicted molar refractivity (Wildman–Crippen MR) is 92.8 cm³/mol. The number of carbonyl (C=O) groups excluding carboxylic acids is 1. The molecule has 2 aromatic carbocycles. The second kappa shape index (κ2) is 7.21. The number of rotatable bonds is 6. The monoisotopic (exact) mass is 344 g/mol. The number of nitrogens with two attached hydrogens (primary N) is 1. The van der Waals surface area contributed by atoms with Gasteiger partial charge in [0.05, 0.1) is 4.92 Å². The highest BCUT2D eigenvalue weighted by atomic mass is 16.6. The number of benzene rings is 2. The highest BCUT2D eigenvalue weighted by Crippen LogP contribution is 2.28. The number of aryl methyl sites for hydroxylation is 1. The van der Waals surface area contributed by atoms with E-state index in [-0.39, 0.29) is 5.69 Å². The second-order valence-corrected chi connectivity index (χ2v) is 6.31. The third kappa shape index (κ3) is 5.20. The standard InChI is InChI=1S/C18H20N2O5/c1-12-10-13(11-18(2,3)25-17(19)21)4-9-16(12)24-15-7-5-14(6-8-15)20(22)23/h4-10H,11H2,1-3H3,(H2,19,21). The molecule has 25 heavy (non-hydrogen) atoms. The van der Waals surface area contributed by atoms with Gasteiger partial charge in [-0.25, -0.2) is 4.79 Å². The first-order valence-corrected chi connectivity index (χ1v) is 7.66. The first kappa shape index (κ1) is 18.3. The van der Waals surface area contributed by atoms with Crippen LogP contribution in [0.4, 0.5) is 10.5 Å². The van der Waals surface area contributed by atoms with Gasteiger partial charge in [-0.2, -0.15) is 0 Å². The summed E-state index contributed by atoms with van der Waals surface area (Å²) in [6.45, 7) is 5.47. The summed E-state index contributed by atoms with van der Waals surface area (Å²) in [5.74, 6) is 1.16. The molecule has 7 nitrogen and oxygen atoms in total. The Morgan fingerprint density at radius 2 is 1.84 bits per heavy atom. The molecule has 0 bridgehead atoms. The molecule has 1 amide bonds. The number of carbonyl (C=O) groups is 1. The van der Waals surface area contributed by atoms with Crippen molar-refractivity contribution in [2.45, 2.75) is 32.8 Å². The van der Waals surface area contributed by atoms with Gasteiger partial charge in [-0.05, 0) is 50.1 Å². The number of amides is 1. The van der Waals surface area contributed by atoms with Crippen molar-refractivity contribution < 1.29 is 19.2 Å². The van der Waals surface area contributed by atoms with Gasteiger partial charge in [0.15, 0.2) is 0 Å². The van der Waals surface area contributed by atoms with Crippen molar-refractivity contribution >= 4 is 11.8 Å². The smallest absolute Gasteiger partial charge is 0.405 e. The van der Waals surface area contributed by atoms with E-state index < -0.39 is 16.6 Å². The van der Waals surface area contributed by atoms with Crippen LogP contribution in [0.3, 0.4) is 0 Å². The van der Waals surface area contributed by atoms with E-state index in [0.29, 0.717) is 17.9 Å². The van der Waals surface area contributed by atoms with Crippen LogP contribution < -0.4 is 10.5 Å². The minimum Gasteiger partial charge on any atom is -0.457 e. The minimum absolute atomic E-state index is 0.0103. The summed E-state index contributed by atoms with van der Waals surface area (Å²) in [7, 11) is 0. The Kier molecular flexibility index (Phi) is 5.26. The molecule has 0 unspecified atom stereocenters. The number of hydrogen-bond acceptors (Lipinski definition) is 5. The maximum absolute atomic E-state index is 10.9. The molecule has 0 spiro atoms. The quantitative estimate of drug-likeness (QED) is 0.627. The van der Waals surface area contributed by atoms with Gasteiger partial charge in [-0.3, -0.25) is 10.1 Å². The number of non-ortho nitro benzene ring substituents is 1. The Morgan fingerprint density at radius 3 is 2.36 bits per heavy atom. The molecule has 0 aliphatic heterocycles. The molecule has 2 rings (SSSR count).